The van der Waals surface area contributed by atoms with Crippen LogP contribution in [0, 0.1) is 41.5 Å². The molecular weight excluding hydrogens is 671 g/mol. The Labute approximate surface area is 329 Å². The predicted octanol–water partition coefficient (Wildman–Crippen LogP) is 8.69. The first-order valence-corrected chi connectivity index (χ1v) is 19.5. The van der Waals surface area contributed by atoms with Gasteiger partial charge in [0.15, 0.2) is 0 Å². The second-order valence-corrected chi connectivity index (χ2v) is 15.1. The molecule has 0 saturated heterocycles. The van der Waals surface area contributed by atoms with Crippen LogP contribution in [0.15, 0.2) is 146 Å². The molecule has 284 valence electrons. The second kappa shape index (κ2) is 16.9. The molecule has 4 heteroatoms. The maximum atomic E-state index is 18.1. The molecule has 0 amide bonds. The van der Waals surface area contributed by atoms with Gasteiger partial charge in [0.05, 0.1) is 0 Å². The summed E-state index contributed by atoms with van der Waals surface area (Å²) in [5.74, 6) is -0.151. The minimum Gasteiger partial charge on any atom is -0.842 e. The molecule has 0 heterocycles. The van der Waals surface area contributed by atoms with Gasteiger partial charge in [0.1, 0.15) is 0 Å². The highest BCUT2D eigenvalue weighted by Crippen LogP contribution is 2.67. The monoisotopic (exact) mass is 729 g/mol. The Bertz CT molecular complexity index is 2160. The van der Waals surface area contributed by atoms with E-state index in [1.54, 1.807) is 0 Å². The Morgan fingerprint density at radius 1 is 0.491 bits per heavy atom. The molecule has 6 rings (SSSR count). The quantitative estimate of drug-likeness (QED) is 0.0919. The molecular formula is C51H59N3O. The van der Waals surface area contributed by atoms with Gasteiger partial charge in [0.25, 0.3) is 0 Å². The molecule has 6 aromatic carbocycles. The van der Waals surface area contributed by atoms with Gasteiger partial charge in [0, 0.05) is 10.8 Å². The van der Waals surface area contributed by atoms with Crippen LogP contribution in [0.1, 0.15) is 99.4 Å². The van der Waals surface area contributed by atoms with Crippen LogP contribution in [-0.2, 0) is 16.4 Å². The van der Waals surface area contributed by atoms with Crippen molar-refractivity contribution < 1.29 is 10.5 Å². The lowest BCUT2D eigenvalue weighted by atomic mass is 9.39. The van der Waals surface area contributed by atoms with Gasteiger partial charge in [-0.3, -0.25) is 16.9 Å². The molecule has 6 N–H and O–H groups in total. The molecule has 4 nitrogen and oxygen atoms in total. The smallest absolute Gasteiger partial charge is 0.336 e. The van der Waals surface area contributed by atoms with Gasteiger partial charge in [-0.25, -0.2) is 0 Å². The maximum Gasteiger partial charge on any atom is 0.336 e. The minimum absolute atomic E-state index is 0.0678. The van der Waals surface area contributed by atoms with Crippen molar-refractivity contribution in [1.82, 2.24) is 0 Å². The van der Waals surface area contributed by atoms with Crippen LogP contribution in [-0.4, -0.2) is 5.96 Å². The molecule has 0 bridgehead atoms. The van der Waals surface area contributed by atoms with Crippen LogP contribution in [0.25, 0.3) is 0 Å². The summed E-state index contributed by atoms with van der Waals surface area (Å²) in [7, 11) is 0. The Balaban J connectivity index is 0.00000138. The third kappa shape index (κ3) is 6.89. The number of guanidine groups is 1. The normalized spacial score (nSPS) is 13.3. The Hall–Kier alpha value is -5.45. The molecule has 0 aliphatic heterocycles. The molecule has 0 aliphatic rings. The highest BCUT2D eigenvalue weighted by Gasteiger charge is 2.64. The van der Waals surface area contributed by atoms with Gasteiger partial charge in [-0.15, -0.1) is 0 Å². The summed E-state index contributed by atoms with van der Waals surface area (Å²) in [4.78, 5) is 0. The lowest BCUT2D eigenvalue weighted by Crippen LogP contribution is -2.70. The molecule has 6 aromatic rings. The van der Waals surface area contributed by atoms with Gasteiger partial charge in [-0.2, -0.15) is 0 Å². The van der Waals surface area contributed by atoms with Gasteiger partial charge in [0.2, 0.25) is 0 Å². The minimum atomic E-state index is -1.74. The van der Waals surface area contributed by atoms with Crippen molar-refractivity contribution in [2.24, 2.45) is 11.5 Å². The van der Waals surface area contributed by atoms with E-state index in [4.69, 9.17) is 0 Å². The first-order chi connectivity index (χ1) is 26.3. The van der Waals surface area contributed by atoms with E-state index in [1.165, 1.54) is 33.4 Å². The fourth-order valence-electron chi connectivity index (χ4n) is 10.0. The average molecular weight is 730 g/mol. The topological polar surface area (TPSA) is 101 Å². The number of rotatable bonds is 11. The molecule has 0 spiro atoms. The van der Waals surface area contributed by atoms with Crippen LogP contribution in [0.5, 0.6) is 0 Å². The van der Waals surface area contributed by atoms with Gasteiger partial charge in [-0.1, -0.05) is 171 Å². The third-order valence-corrected chi connectivity index (χ3v) is 12.1. The van der Waals surface area contributed by atoms with E-state index in [0.29, 0.717) is 6.42 Å². The molecule has 0 saturated carbocycles. The first kappa shape index (κ1) is 40.7. The number of nitrogens with two attached hydrogens (primary N) is 3. The Morgan fingerprint density at radius 3 is 1.09 bits per heavy atom. The molecule has 55 heavy (non-hydrogen) atoms. The van der Waals surface area contributed by atoms with Crippen molar-refractivity contribution in [2.45, 2.75) is 90.6 Å². The molecule has 0 aliphatic carbocycles. The first-order valence-electron chi connectivity index (χ1n) is 19.5. The fourth-order valence-corrected chi connectivity index (χ4v) is 10.0. The van der Waals surface area contributed by atoms with Crippen molar-refractivity contribution in [1.29, 1.82) is 0 Å². The SMILES string of the molecule is CCC(c1ccccc1C)C(c1ccccc1C)(c1ccccc1C)C(CC)(c1ccccc1C)C([O-])(c1ccccc1C)c1ccccc1C.NC(N)=[NH2+]. The summed E-state index contributed by atoms with van der Waals surface area (Å²) in [6.45, 7) is 17.8. The predicted molar refractivity (Wildman–Crippen MR) is 229 cm³/mol. The third-order valence-electron chi connectivity index (χ3n) is 12.1. The summed E-state index contributed by atoms with van der Waals surface area (Å²) >= 11 is 0. The standard InChI is InChI=1S/C50H53O.CH5N3/c1-9-42(41-29-17-11-23-35(41)3)49(44-31-19-13-25-37(44)5,45-32-20-14-26-38(45)6)48(10-2,43-30-18-12-24-36(43)4)50(51,46-33-21-15-27-39(46)7)47-34-22-16-28-40(47)8;2-1(3)4/h11-34,42H,9-10H2,1-8H3;(H5,2,3,4)/q-1;/p+1. The van der Waals surface area contributed by atoms with Crippen LogP contribution >= 0.6 is 0 Å². The average Bonchev–Trinajstić information content (AvgIpc) is 3.16. The highest BCUT2D eigenvalue weighted by atomic mass is 16.3. The van der Waals surface area contributed by atoms with E-state index in [2.05, 4.69) is 218 Å². The zero-order chi connectivity index (χ0) is 40.0. The van der Waals surface area contributed by atoms with Crippen LogP contribution in [0.3, 0.4) is 0 Å². The molecule has 0 aromatic heterocycles. The summed E-state index contributed by atoms with van der Waals surface area (Å²) < 4.78 is 0. The fraction of sp³-hybridized carbons (Fsp3) is 0.275. The zero-order valence-corrected chi connectivity index (χ0v) is 34.0. The zero-order valence-electron chi connectivity index (χ0n) is 34.0. The summed E-state index contributed by atoms with van der Waals surface area (Å²) in [6.07, 6.45) is 1.42. The number of hydrogen-bond donors (Lipinski definition) is 3. The number of benzene rings is 6. The van der Waals surface area contributed by atoms with Crippen LogP contribution in [0.4, 0.5) is 0 Å². The summed E-state index contributed by atoms with van der Waals surface area (Å²) in [5, 5.41) is 22.7. The van der Waals surface area contributed by atoms with Crippen molar-refractivity contribution >= 4 is 5.96 Å². The van der Waals surface area contributed by atoms with Crippen LogP contribution in [0.2, 0.25) is 0 Å². The largest absolute Gasteiger partial charge is 0.842 e. The lowest BCUT2D eigenvalue weighted by Gasteiger charge is -2.69. The highest BCUT2D eigenvalue weighted by molar-refractivity contribution is 5.68. The summed E-state index contributed by atoms with van der Waals surface area (Å²) in [5.41, 5.74) is 18.8. The molecule has 2 atom stereocenters. The van der Waals surface area contributed by atoms with Crippen LogP contribution < -0.4 is 22.0 Å². The van der Waals surface area contributed by atoms with Crippen molar-refractivity contribution in [3.63, 3.8) is 0 Å². The Morgan fingerprint density at radius 2 is 0.782 bits per heavy atom. The molecule has 0 fully saturated rings. The number of aryl methyl sites for hydroxylation is 6. The summed E-state index contributed by atoms with van der Waals surface area (Å²) in [6, 6.07) is 52.2. The molecule has 2 unspecified atom stereocenters. The van der Waals surface area contributed by atoms with E-state index >= 15 is 5.11 Å². The lowest BCUT2D eigenvalue weighted by molar-refractivity contribution is -0.497. The van der Waals surface area contributed by atoms with E-state index in [-0.39, 0.29) is 11.9 Å². The van der Waals surface area contributed by atoms with E-state index in [0.717, 1.165) is 39.8 Å². The van der Waals surface area contributed by atoms with Crippen molar-refractivity contribution in [2.75, 3.05) is 0 Å². The number of hydrogen-bond acceptors (Lipinski definition) is 1. The van der Waals surface area contributed by atoms with Gasteiger partial charge in [-0.05, 0) is 122 Å². The maximum absolute atomic E-state index is 18.1. The Kier molecular flexibility index (Phi) is 12.5. The van der Waals surface area contributed by atoms with E-state index < -0.39 is 16.4 Å². The van der Waals surface area contributed by atoms with Gasteiger partial charge >= 0.3 is 5.96 Å². The van der Waals surface area contributed by atoms with Crippen molar-refractivity contribution in [3.8, 4) is 0 Å². The van der Waals surface area contributed by atoms with E-state index in [9.17, 15) is 0 Å². The molecule has 0 radical (unpaired) electrons. The van der Waals surface area contributed by atoms with Crippen molar-refractivity contribution in [3.05, 3.63) is 212 Å². The van der Waals surface area contributed by atoms with Gasteiger partial charge < -0.3 is 5.11 Å². The second-order valence-electron chi connectivity index (χ2n) is 15.1. The van der Waals surface area contributed by atoms with E-state index in [1.807, 2.05) is 0 Å².